The molecule has 1 aromatic heterocycles. The van der Waals surface area contributed by atoms with E-state index in [1.54, 1.807) is 0 Å². The van der Waals surface area contributed by atoms with Gasteiger partial charge in [-0.1, -0.05) is 6.07 Å². The molecule has 1 aromatic rings. The van der Waals surface area contributed by atoms with Gasteiger partial charge >= 0.3 is 0 Å². The van der Waals surface area contributed by atoms with Crippen molar-refractivity contribution in [1.82, 2.24) is 10.2 Å². The van der Waals surface area contributed by atoms with E-state index in [1.165, 1.54) is 43.8 Å². The quantitative estimate of drug-likeness (QED) is 0.866. The minimum absolute atomic E-state index is 0.649. The van der Waals surface area contributed by atoms with Crippen LogP contribution in [0.1, 0.15) is 24.6 Å². The molecular weight excluding hydrogens is 228 g/mol. The van der Waals surface area contributed by atoms with Gasteiger partial charge in [0.15, 0.2) is 0 Å². The lowest BCUT2D eigenvalue weighted by Crippen LogP contribution is -2.40. The minimum atomic E-state index is 0.649. The Labute approximate surface area is 109 Å². The number of likely N-dealkylation sites (N-methyl/N-ethyl adjacent to an activating group) is 1. The van der Waals surface area contributed by atoms with E-state index in [1.807, 2.05) is 11.3 Å². The van der Waals surface area contributed by atoms with Crippen molar-refractivity contribution in [3.8, 4) is 0 Å². The van der Waals surface area contributed by atoms with Crippen molar-refractivity contribution >= 4 is 11.3 Å². The molecule has 2 atom stereocenters. The fourth-order valence-corrected chi connectivity index (χ4v) is 3.37. The minimum Gasteiger partial charge on any atom is -0.316 e. The van der Waals surface area contributed by atoms with Gasteiger partial charge in [-0.2, -0.15) is 0 Å². The second kappa shape index (κ2) is 6.53. The predicted molar refractivity (Wildman–Crippen MR) is 75.7 cm³/mol. The second-order valence-electron chi connectivity index (χ2n) is 5.28. The smallest absolute Gasteiger partial charge is 0.0112 e. The Morgan fingerprint density at radius 2 is 2.47 bits per heavy atom. The first-order valence-corrected chi connectivity index (χ1v) is 7.57. The second-order valence-corrected chi connectivity index (χ2v) is 6.32. The van der Waals surface area contributed by atoms with Gasteiger partial charge in [-0.15, -0.1) is 11.3 Å². The normalized spacial score (nSPS) is 22.9. The molecule has 3 heteroatoms. The molecule has 17 heavy (non-hydrogen) atoms. The Morgan fingerprint density at radius 3 is 3.12 bits per heavy atom. The lowest BCUT2D eigenvalue weighted by Gasteiger charge is -2.31. The van der Waals surface area contributed by atoms with Crippen LogP contribution in [0.25, 0.3) is 0 Å². The molecule has 0 aromatic carbocycles. The summed E-state index contributed by atoms with van der Waals surface area (Å²) in [7, 11) is 2.27. The van der Waals surface area contributed by atoms with E-state index in [0.717, 1.165) is 5.92 Å². The van der Waals surface area contributed by atoms with Gasteiger partial charge in [0.1, 0.15) is 0 Å². The zero-order chi connectivity index (χ0) is 12.1. The maximum absolute atomic E-state index is 3.50. The zero-order valence-corrected chi connectivity index (χ0v) is 11.8. The summed E-state index contributed by atoms with van der Waals surface area (Å²) in [4.78, 5) is 4.03. The largest absolute Gasteiger partial charge is 0.316 e. The van der Waals surface area contributed by atoms with Crippen LogP contribution in [0.5, 0.6) is 0 Å². The predicted octanol–water partition coefficient (Wildman–Crippen LogP) is 2.61. The topological polar surface area (TPSA) is 15.3 Å². The number of hydrogen-bond acceptors (Lipinski definition) is 3. The van der Waals surface area contributed by atoms with Crippen molar-refractivity contribution in [1.29, 1.82) is 0 Å². The highest BCUT2D eigenvalue weighted by Crippen LogP contribution is 2.16. The highest BCUT2D eigenvalue weighted by molar-refractivity contribution is 7.09. The third kappa shape index (κ3) is 4.09. The third-order valence-corrected chi connectivity index (χ3v) is 4.67. The summed E-state index contributed by atoms with van der Waals surface area (Å²) in [5.74, 6) is 0.847. The summed E-state index contributed by atoms with van der Waals surface area (Å²) < 4.78 is 0. The van der Waals surface area contributed by atoms with Crippen LogP contribution in [0.2, 0.25) is 0 Å². The molecule has 1 fully saturated rings. The molecule has 1 saturated heterocycles. The summed E-state index contributed by atoms with van der Waals surface area (Å²) in [5.41, 5.74) is 0. The molecule has 0 saturated carbocycles. The van der Waals surface area contributed by atoms with Gasteiger partial charge in [0.05, 0.1) is 0 Å². The van der Waals surface area contributed by atoms with Crippen molar-refractivity contribution in [3.63, 3.8) is 0 Å². The first-order chi connectivity index (χ1) is 8.25. The number of piperidine rings is 1. The summed E-state index contributed by atoms with van der Waals surface area (Å²) in [5, 5.41) is 5.67. The summed E-state index contributed by atoms with van der Waals surface area (Å²) >= 11 is 1.88. The number of thiophene rings is 1. The molecule has 1 N–H and O–H groups in total. The lowest BCUT2D eigenvalue weighted by molar-refractivity contribution is 0.197. The van der Waals surface area contributed by atoms with Gasteiger partial charge < -0.3 is 10.2 Å². The van der Waals surface area contributed by atoms with Crippen molar-refractivity contribution in [2.24, 2.45) is 5.92 Å². The molecule has 0 radical (unpaired) electrons. The monoisotopic (exact) mass is 252 g/mol. The fourth-order valence-electron chi connectivity index (χ4n) is 2.54. The molecule has 0 spiro atoms. The van der Waals surface area contributed by atoms with E-state index in [4.69, 9.17) is 0 Å². The fraction of sp³-hybridized carbons (Fsp3) is 0.714. The van der Waals surface area contributed by atoms with E-state index in [-0.39, 0.29) is 0 Å². The van der Waals surface area contributed by atoms with Gasteiger partial charge in [-0.25, -0.2) is 0 Å². The summed E-state index contributed by atoms with van der Waals surface area (Å²) in [6, 6.07) is 5.05. The van der Waals surface area contributed by atoms with Gasteiger partial charge in [0, 0.05) is 17.5 Å². The van der Waals surface area contributed by atoms with E-state index in [9.17, 15) is 0 Å². The molecule has 1 aliphatic rings. The van der Waals surface area contributed by atoms with Crippen LogP contribution in [-0.2, 0) is 6.42 Å². The van der Waals surface area contributed by atoms with Crippen LogP contribution in [0.3, 0.4) is 0 Å². The molecule has 0 bridgehead atoms. The van der Waals surface area contributed by atoms with E-state index < -0.39 is 0 Å². The molecule has 0 aliphatic carbocycles. The van der Waals surface area contributed by atoms with Crippen molar-refractivity contribution < 1.29 is 0 Å². The van der Waals surface area contributed by atoms with Crippen LogP contribution >= 0.6 is 11.3 Å². The average molecular weight is 252 g/mol. The number of hydrogen-bond donors (Lipinski definition) is 1. The third-order valence-electron chi connectivity index (χ3n) is 3.77. The first-order valence-electron chi connectivity index (χ1n) is 6.69. The SMILES string of the molecule is CC(Cc1cccs1)N(C)CC1CCCNC1. The number of nitrogens with one attached hydrogen (secondary N) is 1. The van der Waals surface area contributed by atoms with Crippen LogP contribution < -0.4 is 5.32 Å². The Bertz CT molecular complexity index is 304. The van der Waals surface area contributed by atoms with E-state index in [2.05, 4.69) is 41.7 Å². The zero-order valence-electron chi connectivity index (χ0n) is 11.0. The molecule has 2 unspecified atom stereocenters. The highest BCUT2D eigenvalue weighted by atomic mass is 32.1. The van der Waals surface area contributed by atoms with Crippen molar-refractivity contribution in [2.45, 2.75) is 32.2 Å². The number of nitrogens with zero attached hydrogens (tertiary/aromatic N) is 1. The first kappa shape index (κ1) is 13.1. The van der Waals surface area contributed by atoms with Gasteiger partial charge in [-0.3, -0.25) is 0 Å². The Balaban J connectivity index is 1.76. The molecular formula is C14H24N2S. The van der Waals surface area contributed by atoms with Crippen LogP contribution in [-0.4, -0.2) is 37.6 Å². The van der Waals surface area contributed by atoms with Crippen LogP contribution in [0.4, 0.5) is 0 Å². The Kier molecular flexibility index (Phi) is 5.01. The van der Waals surface area contributed by atoms with Gasteiger partial charge in [0.2, 0.25) is 0 Å². The van der Waals surface area contributed by atoms with Crippen LogP contribution in [0, 0.1) is 5.92 Å². The standard InChI is InChI=1S/C14H24N2S/c1-12(9-14-6-4-8-17-14)16(2)11-13-5-3-7-15-10-13/h4,6,8,12-13,15H,3,5,7,9-11H2,1-2H3. The molecule has 0 amide bonds. The highest BCUT2D eigenvalue weighted by Gasteiger charge is 2.18. The van der Waals surface area contributed by atoms with Gasteiger partial charge in [0.25, 0.3) is 0 Å². The average Bonchev–Trinajstić information content (AvgIpc) is 2.83. The molecule has 1 aliphatic heterocycles. The van der Waals surface area contributed by atoms with Crippen molar-refractivity contribution in [2.75, 3.05) is 26.7 Å². The number of rotatable bonds is 5. The van der Waals surface area contributed by atoms with Gasteiger partial charge in [-0.05, 0) is 63.7 Å². The van der Waals surface area contributed by atoms with E-state index >= 15 is 0 Å². The van der Waals surface area contributed by atoms with E-state index in [0.29, 0.717) is 6.04 Å². The molecule has 2 nitrogen and oxygen atoms in total. The molecule has 2 heterocycles. The Hall–Kier alpha value is -0.380. The Morgan fingerprint density at radius 1 is 1.59 bits per heavy atom. The van der Waals surface area contributed by atoms with Crippen LogP contribution in [0.15, 0.2) is 17.5 Å². The summed E-state index contributed by atoms with van der Waals surface area (Å²) in [6.07, 6.45) is 3.93. The molecule has 96 valence electrons. The maximum atomic E-state index is 3.50. The molecule has 2 rings (SSSR count). The van der Waals surface area contributed by atoms with Crippen molar-refractivity contribution in [3.05, 3.63) is 22.4 Å². The maximum Gasteiger partial charge on any atom is 0.0112 e. The lowest BCUT2D eigenvalue weighted by atomic mass is 9.98. The summed E-state index contributed by atoms with van der Waals surface area (Å²) in [6.45, 7) is 6.00.